The lowest BCUT2D eigenvalue weighted by Gasteiger charge is -2.40. The second-order valence-corrected chi connectivity index (χ2v) is 11.5. The third kappa shape index (κ3) is 9.12. The highest BCUT2D eigenvalue weighted by atomic mass is 16.7. The Morgan fingerprint density at radius 2 is 1.09 bits per heavy atom. The van der Waals surface area contributed by atoms with E-state index in [9.17, 15) is 35.4 Å². The van der Waals surface area contributed by atoms with Crippen molar-refractivity contribution >= 4 is 6.09 Å². The van der Waals surface area contributed by atoms with E-state index in [1.165, 1.54) is 0 Å². The lowest BCUT2D eigenvalue weighted by molar-refractivity contribution is -0.284. The summed E-state index contributed by atoms with van der Waals surface area (Å²) in [6.07, 6.45) is -14.7. The fourth-order valence-electron chi connectivity index (χ4n) is 5.43. The molecule has 3 aromatic rings. The van der Waals surface area contributed by atoms with Crippen LogP contribution < -0.4 is 0 Å². The van der Waals surface area contributed by atoms with Gasteiger partial charge in [0.25, 0.3) is 0 Å². The first-order chi connectivity index (χ1) is 22.7. The number of carbonyl (C=O) groups is 1. The number of benzene rings is 3. The van der Waals surface area contributed by atoms with Gasteiger partial charge in [-0.25, -0.2) is 4.79 Å². The Labute approximate surface area is 272 Å². The van der Waals surface area contributed by atoms with Crippen molar-refractivity contribution in [1.29, 1.82) is 0 Å². The van der Waals surface area contributed by atoms with Gasteiger partial charge in [0, 0.05) is 11.1 Å². The molecule has 0 aromatic heterocycles. The molecule has 13 heteroatoms. The molecule has 0 spiro atoms. The van der Waals surface area contributed by atoms with Gasteiger partial charge in [-0.1, -0.05) is 91.0 Å². The molecule has 10 unspecified atom stereocenters. The van der Waals surface area contributed by atoms with Crippen LogP contribution in [0.5, 0.6) is 0 Å². The van der Waals surface area contributed by atoms with Crippen LogP contribution in [0.2, 0.25) is 0 Å². The molecule has 0 bridgehead atoms. The molecule has 1 amide bonds. The van der Waals surface area contributed by atoms with Crippen LogP contribution in [0.3, 0.4) is 0 Å². The van der Waals surface area contributed by atoms with E-state index in [0.29, 0.717) is 16.7 Å². The van der Waals surface area contributed by atoms with E-state index in [1.807, 2.05) is 12.1 Å². The Hall–Kier alpha value is -3.47. The second kappa shape index (κ2) is 16.6. The van der Waals surface area contributed by atoms with E-state index in [2.05, 4.69) is 0 Å². The van der Waals surface area contributed by atoms with Crippen LogP contribution in [0, 0.1) is 0 Å². The number of aliphatic hydroxyl groups excluding tert-OH is 6. The molecule has 47 heavy (non-hydrogen) atoms. The molecule has 0 aliphatic carbocycles. The third-order valence-corrected chi connectivity index (χ3v) is 8.04. The monoisotopic (exact) mass is 655 g/mol. The van der Waals surface area contributed by atoms with Crippen LogP contribution in [0.4, 0.5) is 4.79 Å². The number of nitrogens with zero attached hydrogens (tertiary/aromatic N) is 1. The molecule has 10 atom stereocenters. The number of amides is 1. The van der Waals surface area contributed by atoms with Gasteiger partial charge in [0.15, 0.2) is 12.6 Å². The van der Waals surface area contributed by atoms with E-state index in [0.717, 1.165) is 4.90 Å². The molecule has 2 aliphatic heterocycles. The lowest BCUT2D eigenvalue weighted by Crippen LogP contribution is -2.57. The lowest BCUT2D eigenvalue weighted by atomic mass is 10.00. The van der Waals surface area contributed by atoms with Gasteiger partial charge in [-0.3, -0.25) is 0 Å². The summed E-state index contributed by atoms with van der Waals surface area (Å²) in [7, 11) is 0. The predicted octanol–water partition coefficient (Wildman–Crippen LogP) is 1.02. The maximum atomic E-state index is 13.3. The molecular weight excluding hydrogens is 614 g/mol. The first-order valence-electron chi connectivity index (χ1n) is 15.4. The number of ether oxygens (including phenoxy) is 5. The molecule has 2 aliphatic rings. The molecule has 0 saturated carbocycles. The third-order valence-electron chi connectivity index (χ3n) is 8.04. The van der Waals surface area contributed by atoms with Gasteiger partial charge in [-0.05, 0) is 5.56 Å². The molecule has 6 N–H and O–H groups in total. The summed E-state index contributed by atoms with van der Waals surface area (Å²) in [4.78, 5) is 14.2. The summed E-state index contributed by atoms with van der Waals surface area (Å²) in [5.74, 6) is 0. The van der Waals surface area contributed by atoms with Crippen molar-refractivity contribution in [2.24, 2.45) is 0 Å². The minimum Gasteiger partial charge on any atom is -0.445 e. The quantitative estimate of drug-likeness (QED) is 0.163. The molecule has 0 radical (unpaired) electrons. The summed E-state index contributed by atoms with van der Waals surface area (Å²) in [6.45, 7) is -1.65. The largest absolute Gasteiger partial charge is 0.445 e. The van der Waals surface area contributed by atoms with Crippen LogP contribution in [0.25, 0.3) is 0 Å². The molecule has 2 heterocycles. The Morgan fingerprint density at radius 3 is 1.51 bits per heavy atom. The summed E-state index contributed by atoms with van der Waals surface area (Å²) < 4.78 is 28.2. The average molecular weight is 656 g/mol. The van der Waals surface area contributed by atoms with Gasteiger partial charge in [0.1, 0.15) is 55.4 Å². The number of hydrogen-bond acceptors (Lipinski definition) is 12. The SMILES string of the molecule is O=C(OCc1ccccc1)N(CC(O)C(O)C1OC(c2ccccc2)OCC1O)CC(O)C(O)C1OC(c2ccccc2)OCC1O. The molecule has 5 rings (SSSR count). The van der Waals surface area contributed by atoms with Gasteiger partial charge in [0.05, 0.1) is 26.3 Å². The first kappa shape index (κ1) is 34.9. The van der Waals surface area contributed by atoms with Crippen molar-refractivity contribution in [2.45, 2.75) is 68.0 Å². The fraction of sp³-hybridized carbons (Fsp3) is 0.441. The van der Waals surface area contributed by atoms with Crippen LogP contribution >= 0.6 is 0 Å². The second-order valence-electron chi connectivity index (χ2n) is 11.5. The summed E-state index contributed by atoms with van der Waals surface area (Å²) in [5, 5.41) is 65.5. The maximum absolute atomic E-state index is 13.3. The maximum Gasteiger partial charge on any atom is 0.410 e. The van der Waals surface area contributed by atoms with Gasteiger partial charge >= 0.3 is 6.09 Å². The van der Waals surface area contributed by atoms with Crippen LogP contribution in [0.15, 0.2) is 91.0 Å². The Balaban J connectivity index is 1.27. The molecule has 13 nitrogen and oxygen atoms in total. The van der Waals surface area contributed by atoms with E-state index in [4.69, 9.17) is 23.7 Å². The minimum absolute atomic E-state index is 0.130. The van der Waals surface area contributed by atoms with Crippen LogP contribution in [-0.2, 0) is 30.3 Å². The molecule has 2 saturated heterocycles. The van der Waals surface area contributed by atoms with Crippen LogP contribution in [-0.4, -0.2) is 117 Å². The van der Waals surface area contributed by atoms with Crippen LogP contribution in [0.1, 0.15) is 29.3 Å². The minimum atomic E-state index is -1.70. The van der Waals surface area contributed by atoms with Gasteiger partial charge in [-0.15, -0.1) is 0 Å². The molecule has 254 valence electrons. The van der Waals surface area contributed by atoms with Gasteiger partial charge < -0.3 is 59.2 Å². The first-order valence-corrected chi connectivity index (χ1v) is 15.4. The predicted molar refractivity (Wildman–Crippen MR) is 164 cm³/mol. The average Bonchev–Trinajstić information content (AvgIpc) is 3.11. The zero-order valence-electron chi connectivity index (χ0n) is 25.5. The zero-order chi connectivity index (χ0) is 33.3. The number of aliphatic hydroxyl groups is 6. The van der Waals surface area contributed by atoms with Crippen molar-refractivity contribution in [3.63, 3.8) is 0 Å². The molecular formula is C34H41NO12. The highest BCUT2D eigenvalue weighted by Crippen LogP contribution is 2.30. The van der Waals surface area contributed by atoms with E-state index >= 15 is 0 Å². The topological polar surface area (TPSA) is 188 Å². The van der Waals surface area contributed by atoms with E-state index in [-0.39, 0.29) is 19.8 Å². The summed E-state index contributed by atoms with van der Waals surface area (Å²) in [6, 6.07) is 26.6. The number of carbonyl (C=O) groups excluding carboxylic acids is 1. The smallest absolute Gasteiger partial charge is 0.410 e. The number of rotatable bonds is 12. The van der Waals surface area contributed by atoms with Gasteiger partial charge in [-0.2, -0.15) is 0 Å². The molecule has 2 fully saturated rings. The van der Waals surface area contributed by atoms with Crippen molar-refractivity contribution in [3.05, 3.63) is 108 Å². The number of hydrogen-bond donors (Lipinski definition) is 6. The normalized spacial score (nSPS) is 27.3. The zero-order valence-corrected chi connectivity index (χ0v) is 25.5. The summed E-state index contributed by atoms with van der Waals surface area (Å²) >= 11 is 0. The van der Waals surface area contributed by atoms with Crippen molar-refractivity contribution in [2.75, 3.05) is 26.3 Å². The Morgan fingerprint density at radius 1 is 0.681 bits per heavy atom. The standard InChI is InChI=1S/C34H41NO12/c36-24(28(40)30-26(38)19-43-32(46-30)22-12-6-2-7-13-22)16-35(34(42)45-18-21-10-4-1-5-11-21)17-25(37)29(41)31-27(39)20-44-33(47-31)23-14-8-3-9-15-23/h1-15,24-33,36-41H,16-20H2. The van der Waals surface area contributed by atoms with Crippen molar-refractivity contribution < 1.29 is 59.1 Å². The highest BCUT2D eigenvalue weighted by Gasteiger charge is 2.43. The van der Waals surface area contributed by atoms with E-state index in [1.54, 1.807) is 78.9 Å². The highest BCUT2D eigenvalue weighted by molar-refractivity contribution is 5.67. The van der Waals surface area contributed by atoms with E-state index < -0.39 is 80.6 Å². The Bertz CT molecular complexity index is 1290. The van der Waals surface area contributed by atoms with Crippen molar-refractivity contribution in [3.8, 4) is 0 Å². The summed E-state index contributed by atoms with van der Waals surface area (Å²) in [5.41, 5.74) is 1.96. The Kier molecular flexibility index (Phi) is 12.3. The van der Waals surface area contributed by atoms with Crippen molar-refractivity contribution in [1.82, 2.24) is 4.90 Å². The molecule has 3 aromatic carbocycles. The fourth-order valence-corrected chi connectivity index (χ4v) is 5.43. The van der Waals surface area contributed by atoms with Gasteiger partial charge in [0.2, 0.25) is 0 Å².